The van der Waals surface area contributed by atoms with Gasteiger partial charge in [0.1, 0.15) is 0 Å². The first-order chi connectivity index (χ1) is 13.0. The molecule has 146 valence electrons. The topological polar surface area (TPSA) is 42.0 Å². The van der Waals surface area contributed by atoms with Gasteiger partial charge in [-0.2, -0.15) is 0 Å². The number of nitrogens with zero attached hydrogens (tertiary/aromatic N) is 2. The summed E-state index contributed by atoms with van der Waals surface area (Å²) in [5.41, 5.74) is 0.992. The molecule has 0 aromatic heterocycles. The quantitative estimate of drug-likeness (QED) is 0.819. The smallest absolute Gasteiger partial charge is 0.231 e. The summed E-state index contributed by atoms with van der Waals surface area (Å²) in [6.45, 7) is 9.79. The fourth-order valence-electron chi connectivity index (χ4n) is 5.63. The van der Waals surface area contributed by atoms with Crippen molar-refractivity contribution in [2.75, 3.05) is 26.4 Å². The van der Waals surface area contributed by atoms with Gasteiger partial charge in [-0.1, -0.05) is 26.8 Å². The fourth-order valence-corrected chi connectivity index (χ4v) is 5.63. The molecule has 5 heteroatoms. The molecule has 6 rings (SSSR count). The number of ether oxygens (including phenoxy) is 2. The zero-order chi connectivity index (χ0) is 18.8. The summed E-state index contributed by atoms with van der Waals surface area (Å²) in [5.74, 6) is 3.01. The number of carbonyl (C=O) groups excluding carboxylic acids is 1. The normalized spacial score (nSPS) is 34.0. The molecule has 1 amide bonds. The van der Waals surface area contributed by atoms with Crippen LogP contribution in [0.5, 0.6) is 11.5 Å². The molecule has 5 aliphatic rings. The fraction of sp³-hybridized carbons (Fsp3) is 0.682. The number of rotatable bonds is 3. The van der Waals surface area contributed by atoms with Gasteiger partial charge in [-0.05, 0) is 56.0 Å². The molecule has 2 bridgehead atoms. The molecule has 4 fully saturated rings. The largest absolute Gasteiger partial charge is 0.454 e. The number of carbonyl (C=O) groups is 1. The van der Waals surface area contributed by atoms with Crippen LogP contribution < -0.4 is 9.47 Å². The van der Waals surface area contributed by atoms with Crippen molar-refractivity contribution in [1.29, 1.82) is 0 Å². The summed E-state index contributed by atoms with van der Waals surface area (Å²) < 4.78 is 11.1. The van der Waals surface area contributed by atoms with E-state index >= 15 is 0 Å². The molecule has 5 heterocycles. The number of amides is 1. The van der Waals surface area contributed by atoms with Crippen molar-refractivity contribution in [1.82, 2.24) is 9.80 Å². The van der Waals surface area contributed by atoms with E-state index in [1.54, 1.807) is 0 Å². The minimum atomic E-state index is -0.291. The number of fused-ring (bicyclic) bond motifs is 3. The van der Waals surface area contributed by atoms with Gasteiger partial charge in [0.05, 0.1) is 6.04 Å². The van der Waals surface area contributed by atoms with Crippen LogP contribution in [0.3, 0.4) is 0 Å². The number of piperidine rings is 3. The van der Waals surface area contributed by atoms with Crippen molar-refractivity contribution in [2.45, 2.75) is 58.0 Å². The van der Waals surface area contributed by atoms with Crippen LogP contribution in [0.15, 0.2) is 18.2 Å². The highest BCUT2D eigenvalue weighted by atomic mass is 16.7. The first kappa shape index (κ1) is 17.4. The van der Waals surface area contributed by atoms with Crippen LogP contribution in [0.2, 0.25) is 0 Å². The summed E-state index contributed by atoms with van der Waals surface area (Å²) in [6, 6.07) is 7.16. The van der Waals surface area contributed by atoms with E-state index < -0.39 is 0 Å². The van der Waals surface area contributed by atoms with E-state index in [-0.39, 0.29) is 5.41 Å². The predicted molar refractivity (Wildman–Crippen MR) is 103 cm³/mol. The number of hydrogen-bond acceptors (Lipinski definition) is 4. The van der Waals surface area contributed by atoms with Crippen molar-refractivity contribution < 1.29 is 14.3 Å². The summed E-state index contributed by atoms with van der Waals surface area (Å²) in [7, 11) is 0. The summed E-state index contributed by atoms with van der Waals surface area (Å²) in [5, 5.41) is 0. The van der Waals surface area contributed by atoms with Gasteiger partial charge in [-0.3, -0.25) is 9.69 Å². The number of benzene rings is 1. The van der Waals surface area contributed by atoms with Gasteiger partial charge < -0.3 is 14.4 Å². The third kappa shape index (κ3) is 2.58. The molecule has 0 unspecified atom stereocenters. The minimum Gasteiger partial charge on any atom is -0.454 e. The molecule has 3 atom stereocenters. The first-order valence-electron chi connectivity index (χ1n) is 10.4. The van der Waals surface area contributed by atoms with Crippen molar-refractivity contribution in [3.63, 3.8) is 0 Å². The van der Waals surface area contributed by atoms with Crippen LogP contribution >= 0.6 is 0 Å². The van der Waals surface area contributed by atoms with E-state index in [1.165, 1.54) is 31.5 Å². The molecular weight excluding hydrogens is 340 g/mol. The molecule has 5 aliphatic heterocycles. The highest BCUT2D eigenvalue weighted by molar-refractivity contribution is 5.83. The van der Waals surface area contributed by atoms with Crippen LogP contribution in [0.4, 0.5) is 0 Å². The minimum absolute atomic E-state index is 0.291. The van der Waals surface area contributed by atoms with Crippen LogP contribution in [0.25, 0.3) is 0 Å². The van der Waals surface area contributed by atoms with Gasteiger partial charge >= 0.3 is 0 Å². The third-order valence-electron chi connectivity index (χ3n) is 7.54. The molecule has 5 nitrogen and oxygen atoms in total. The second kappa shape index (κ2) is 6.13. The molecule has 4 saturated heterocycles. The SMILES string of the molecule is CCC(C)(C)C(=O)N1C[C@@H](c2ccc3c(c2)OCO3)[C@@H]2[C@H]1C1CCN2CC1. The lowest BCUT2D eigenvalue weighted by Gasteiger charge is -2.51. The van der Waals surface area contributed by atoms with E-state index in [9.17, 15) is 4.79 Å². The van der Waals surface area contributed by atoms with Gasteiger partial charge in [-0.15, -0.1) is 0 Å². The maximum atomic E-state index is 13.5. The summed E-state index contributed by atoms with van der Waals surface area (Å²) in [6.07, 6.45) is 3.33. The second-order valence-electron chi connectivity index (χ2n) is 9.27. The predicted octanol–water partition coefficient (Wildman–Crippen LogP) is 3.24. The number of likely N-dealkylation sites (tertiary alicyclic amines) is 1. The highest BCUT2D eigenvalue weighted by Gasteiger charge is 2.55. The van der Waals surface area contributed by atoms with Crippen LogP contribution in [0, 0.1) is 11.3 Å². The summed E-state index contributed by atoms with van der Waals surface area (Å²) >= 11 is 0. The van der Waals surface area contributed by atoms with Crippen LogP contribution in [-0.2, 0) is 4.79 Å². The zero-order valence-corrected chi connectivity index (χ0v) is 16.6. The molecule has 27 heavy (non-hydrogen) atoms. The Morgan fingerprint density at radius 1 is 1.15 bits per heavy atom. The van der Waals surface area contributed by atoms with Gasteiger partial charge in [0.25, 0.3) is 0 Å². The molecule has 0 aliphatic carbocycles. The van der Waals surface area contributed by atoms with Gasteiger partial charge in [0.15, 0.2) is 11.5 Å². The molecule has 1 aromatic carbocycles. The van der Waals surface area contributed by atoms with Gasteiger partial charge in [0.2, 0.25) is 12.7 Å². The Bertz CT molecular complexity index is 754. The zero-order valence-electron chi connectivity index (χ0n) is 16.6. The molecule has 0 spiro atoms. The molecular formula is C22H30N2O3. The third-order valence-corrected chi connectivity index (χ3v) is 7.54. The maximum Gasteiger partial charge on any atom is 0.231 e. The van der Waals surface area contributed by atoms with E-state index in [0.717, 1.165) is 24.5 Å². The average Bonchev–Trinajstić information content (AvgIpc) is 3.33. The Kier molecular flexibility index (Phi) is 3.94. The Balaban J connectivity index is 1.52. The Hall–Kier alpha value is -1.75. The number of hydrogen-bond donors (Lipinski definition) is 0. The lowest BCUT2D eigenvalue weighted by atomic mass is 9.75. The van der Waals surface area contributed by atoms with E-state index in [4.69, 9.17) is 9.47 Å². The Morgan fingerprint density at radius 2 is 1.89 bits per heavy atom. The lowest BCUT2D eigenvalue weighted by Crippen LogP contribution is -2.61. The maximum absolute atomic E-state index is 13.5. The highest BCUT2D eigenvalue weighted by Crippen LogP contribution is 2.49. The molecule has 0 N–H and O–H groups in total. The molecule has 1 aromatic rings. The van der Waals surface area contributed by atoms with E-state index in [0.29, 0.717) is 36.6 Å². The monoisotopic (exact) mass is 370 g/mol. The van der Waals surface area contributed by atoms with E-state index in [1.807, 2.05) is 6.07 Å². The van der Waals surface area contributed by atoms with Crippen molar-refractivity contribution >= 4 is 5.91 Å². The lowest BCUT2D eigenvalue weighted by molar-refractivity contribution is -0.145. The Labute approximate surface area is 161 Å². The first-order valence-corrected chi connectivity index (χ1v) is 10.4. The van der Waals surface area contributed by atoms with Crippen LogP contribution in [0.1, 0.15) is 51.5 Å². The van der Waals surface area contributed by atoms with Crippen molar-refractivity contribution in [3.05, 3.63) is 23.8 Å². The van der Waals surface area contributed by atoms with Gasteiger partial charge in [-0.25, -0.2) is 0 Å². The molecule has 0 saturated carbocycles. The van der Waals surface area contributed by atoms with E-state index in [2.05, 4.69) is 42.7 Å². The average molecular weight is 370 g/mol. The Morgan fingerprint density at radius 3 is 2.63 bits per heavy atom. The standard InChI is InChI=1S/C22H30N2O3/c1-4-22(2,3)21(25)24-12-16(15-5-6-17-18(11-15)27-13-26-17)20-19(24)14-7-9-23(20)10-8-14/h5-6,11,14,16,19-20H,4,7-10,12-13H2,1-3H3/t16-,19+,20+/m0/s1. The van der Waals surface area contributed by atoms with Gasteiger partial charge in [0, 0.05) is 23.9 Å². The molecule has 0 radical (unpaired) electrons. The van der Waals surface area contributed by atoms with Crippen LogP contribution in [-0.4, -0.2) is 54.2 Å². The van der Waals surface area contributed by atoms with Crippen molar-refractivity contribution in [2.24, 2.45) is 11.3 Å². The second-order valence-corrected chi connectivity index (χ2v) is 9.27. The van der Waals surface area contributed by atoms with Crippen molar-refractivity contribution in [3.8, 4) is 11.5 Å². The summed E-state index contributed by atoms with van der Waals surface area (Å²) in [4.78, 5) is 18.4.